The molecule has 3 rings (SSSR count). The second kappa shape index (κ2) is 9.82. The molecule has 0 unspecified atom stereocenters. The van der Waals surface area contributed by atoms with Crippen LogP contribution in [0.15, 0.2) is 48.9 Å². The van der Waals surface area contributed by atoms with Crippen molar-refractivity contribution in [2.45, 2.75) is 38.8 Å². The molecule has 0 aliphatic carbocycles. The number of piperidine rings is 1. The second-order valence-electron chi connectivity index (χ2n) is 7.00. The van der Waals surface area contributed by atoms with Gasteiger partial charge in [-0.15, -0.1) is 0 Å². The number of nitrogens with zero attached hydrogens (tertiary/aromatic N) is 3. The number of rotatable bonds is 6. The third-order valence-corrected chi connectivity index (χ3v) is 5.12. The molecule has 2 aromatic rings. The van der Waals surface area contributed by atoms with Gasteiger partial charge in [-0.05, 0) is 43.0 Å². The summed E-state index contributed by atoms with van der Waals surface area (Å²) in [5.74, 6) is -0.0273. The molecule has 0 radical (unpaired) electrons. The highest BCUT2D eigenvalue weighted by Gasteiger charge is 2.28. The second-order valence-corrected chi connectivity index (χ2v) is 7.00. The molecule has 0 bridgehead atoms. The van der Waals surface area contributed by atoms with E-state index in [1.807, 2.05) is 37.3 Å². The van der Waals surface area contributed by atoms with E-state index in [9.17, 15) is 9.59 Å². The molecule has 0 spiro atoms. The van der Waals surface area contributed by atoms with E-state index in [1.54, 1.807) is 23.5 Å². The maximum atomic E-state index is 12.6. The molecule has 3 heterocycles. The first-order valence-corrected chi connectivity index (χ1v) is 9.80. The largest absolute Gasteiger partial charge is 0.350 e. The number of pyridine rings is 2. The van der Waals surface area contributed by atoms with E-state index in [0.717, 1.165) is 17.7 Å². The Morgan fingerprint density at radius 1 is 1.18 bits per heavy atom. The third-order valence-electron chi connectivity index (χ3n) is 5.12. The van der Waals surface area contributed by atoms with Crippen molar-refractivity contribution in [3.8, 4) is 0 Å². The summed E-state index contributed by atoms with van der Waals surface area (Å²) in [6.07, 6.45) is 7.36. The molecule has 1 aliphatic rings. The number of hydrogen-bond donors (Lipinski definition) is 2. The molecule has 0 aromatic carbocycles. The van der Waals surface area contributed by atoms with Crippen LogP contribution in [-0.4, -0.2) is 39.9 Å². The minimum Gasteiger partial charge on any atom is -0.350 e. The van der Waals surface area contributed by atoms with Gasteiger partial charge in [-0.25, -0.2) is 4.79 Å². The van der Waals surface area contributed by atoms with Gasteiger partial charge < -0.3 is 15.5 Å². The van der Waals surface area contributed by atoms with Crippen LogP contribution in [0.25, 0.3) is 0 Å². The van der Waals surface area contributed by atoms with Crippen LogP contribution in [0.3, 0.4) is 0 Å². The Balaban J connectivity index is 1.45. The molecule has 2 aromatic heterocycles. The van der Waals surface area contributed by atoms with Gasteiger partial charge in [-0.1, -0.05) is 19.1 Å². The smallest absolute Gasteiger partial charge is 0.317 e. The SMILES string of the molecule is CC[C@H](NC(=O)N1CCC(C(=O)NCc2ccccn2)CC1)c1cccnc1. The quantitative estimate of drug-likeness (QED) is 0.805. The molecule has 2 N–H and O–H groups in total. The van der Waals surface area contributed by atoms with Gasteiger partial charge in [0.1, 0.15) is 0 Å². The van der Waals surface area contributed by atoms with Gasteiger partial charge in [0.15, 0.2) is 0 Å². The van der Waals surface area contributed by atoms with E-state index >= 15 is 0 Å². The maximum Gasteiger partial charge on any atom is 0.317 e. The number of likely N-dealkylation sites (tertiary alicyclic amines) is 1. The summed E-state index contributed by atoms with van der Waals surface area (Å²) in [6.45, 7) is 3.63. The molecule has 7 nitrogen and oxygen atoms in total. The summed E-state index contributed by atoms with van der Waals surface area (Å²) in [4.78, 5) is 35.1. The lowest BCUT2D eigenvalue weighted by molar-refractivity contribution is -0.126. The Morgan fingerprint density at radius 2 is 2.00 bits per heavy atom. The van der Waals surface area contributed by atoms with Crippen LogP contribution in [0, 0.1) is 5.92 Å². The zero-order valence-corrected chi connectivity index (χ0v) is 16.2. The molecule has 3 amide bonds. The van der Waals surface area contributed by atoms with E-state index < -0.39 is 0 Å². The molecule has 28 heavy (non-hydrogen) atoms. The highest BCUT2D eigenvalue weighted by molar-refractivity contribution is 5.79. The van der Waals surface area contributed by atoms with Crippen molar-refractivity contribution in [3.05, 3.63) is 60.2 Å². The molecule has 1 saturated heterocycles. The summed E-state index contributed by atoms with van der Waals surface area (Å²) in [5, 5.41) is 6.03. The minimum absolute atomic E-state index is 0.0347. The van der Waals surface area contributed by atoms with Gasteiger partial charge in [-0.2, -0.15) is 0 Å². The Kier molecular flexibility index (Phi) is 6.94. The van der Waals surface area contributed by atoms with Crippen LogP contribution in [-0.2, 0) is 11.3 Å². The number of carbonyl (C=O) groups is 2. The summed E-state index contributed by atoms with van der Waals surface area (Å²) in [5.41, 5.74) is 1.84. The number of aromatic nitrogens is 2. The number of nitrogens with one attached hydrogen (secondary N) is 2. The number of amides is 3. The van der Waals surface area contributed by atoms with E-state index in [2.05, 4.69) is 20.6 Å². The Morgan fingerprint density at radius 3 is 2.64 bits per heavy atom. The van der Waals surface area contributed by atoms with Gasteiger partial charge in [0, 0.05) is 37.6 Å². The first-order chi connectivity index (χ1) is 13.7. The Labute approximate surface area is 165 Å². The zero-order chi connectivity index (χ0) is 19.8. The Bertz CT molecular complexity index is 761. The maximum absolute atomic E-state index is 12.6. The fraction of sp³-hybridized carbons (Fsp3) is 0.429. The number of carbonyl (C=O) groups excluding carboxylic acids is 2. The van der Waals surface area contributed by atoms with Crippen LogP contribution >= 0.6 is 0 Å². The van der Waals surface area contributed by atoms with Crippen LogP contribution in [0.2, 0.25) is 0 Å². The topological polar surface area (TPSA) is 87.2 Å². The summed E-state index contributed by atoms with van der Waals surface area (Å²) >= 11 is 0. The van der Waals surface area contributed by atoms with Gasteiger partial charge in [0.2, 0.25) is 5.91 Å². The monoisotopic (exact) mass is 381 g/mol. The Hall–Kier alpha value is -2.96. The van der Waals surface area contributed by atoms with Gasteiger partial charge in [-0.3, -0.25) is 14.8 Å². The van der Waals surface area contributed by atoms with Crippen molar-refractivity contribution < 1.29 is 9.59 Å². The van der Waals surface area contributed by atoms with Crippen LogP contribution in [0.1, 0.15) is 43.5 Å². The van der Waals surface area contributed by atoms with E-state index in [-0.39, 0.29) is 23.9 Å². The van der Waals surface area contributed by atoms with Crippen molar-refractivity contribution in [2.75, 3.05) is 13.1 Å². The standard InChI is InChI=1S/C21H27N5O2/c1-2-19(17-6-5-10-22-14-17)25-21(28)26-12-8-16(9-13-26)20(27)24-15-18-7-3-4-11-23-18/h3-7,10-11,14,16,19H,2,8-9,12-13,15H2,1H3,(H,24,27)(H,25,28)/t19-/m0/s1. The molecule has 148 valence electrons. The molecule has 1 aliphatic heterocycles. The zero-order valence-electron chi connectivity index (χ0n) is 16.2. The third kappa shape index (κ3) is 5.28. The van der Waals surface area contributed by atoms with E-state index in [0.29, 0.717) is 32.5 Å². The van der Waals surface area contributed by atoms with Crippen molar-refractivity contribution in [1.82, 2.24) is 25.5 Å². The highest BCUT2D eigenvalue weighted by Crippen LogP contribution is 2.20. The molecular weight excluding hydrogens is 354 g/mol. The normalized spacial score (nSPS) is 15.7. The van der Waals surface area contributed by atoms with E-state index in [1.165, 1.54) is 0 Å². The average molecular weight is 381 g/mol. The molecular formula is C21H27N5O2. The molecule has 7 heteroatoms. The number of urea groups is 1. The van der Waals surface area contributed by atoms with Gasteiger partial charge >= 0.3 is 6.03 Å². The molecule has 1 atom stereocenters. The number of hydrogen-bond acceptors (Lipinski definition) is 4. The highest BCUT2D eigenvalue weighted by atomic mass is 16.2. The average Bonchev–Trinajstić information content (AvgIpc) is 2.77. The lowest BCUT2D eigenvalue weighted by Crippen LogP contribution is -2.47. The fourth-order valence-corrected chi connectivity index (χ4v) is 3.41. The predicted molar refractivity (Wildman–Crippen MR) is 106 cm³/mol. The van der Waals surface area contributed by atoms with Gasteiger partial charge in [0.25, 0.3) is 0 Å². The fourth-order valence-electron chi connectivity index (χ4n) is 3.41. The predicted octanol–water partition coefficient (Wildman–Crippen LogP) is 2.67. The van der Waals surface area contributed by atoms with Crippen molar-refractivity contribution >= 4 is 11.9 Å². The lowest BCUT2D eigenvalue weighted by atomic mass is 9.96. The molecule has 0 saturated carbocycles. The summed E-state index contributed by atoms with van der Waals surface area (Å²) in [7, 11) is 0. The van der Waals surface area contributed by atoms with Crippen LogP contribution in [0.4, 0.5) is 4.79 Å². The molecule has 1 fully saturated rings. The van der Waals surface area contributed by atoms with Crippen molar-refractivity contribution in [2.24, 2.45) is 5.92 Å². The van der Waals surface area contributed by atoms with Crippen molar-refractivity contribution in [3.63, 3.8) is 0 Å². The summed E-state index contributed by atoms with van der Waals surface area (Å²) < 4.78 is 0. The van der Waals surface area contributed by atoms with E-state index in [4.69, 9.17) is 0 Å². The van der Waals surface area contributed by atoms with Crippen molar-refractivity contribution in [1.29, 1.82) is 0 Å². The first kappa shape index (κ1) is 19.8. The first-order valence-electron chi connectivity index (χ1n) is 9.80. The van der Waals surface area contributed by atoms with Crippen LogP contribution in [0.5, 0.6) is 0 Å². The lowest BCUT2D eigenvalue weighted by Gasteiger charge is -2.32. The summed E-state index contributed by atoms with van der Waals surface area (Å²) in [6, 6.07) is 9.35. The minimum atomic E-state index is -0.0805. The van der Waals surface area contributed by atoms with Crippen LogP contribution < -0.4 is 10.6 Å². The van der Waals surface area contributed by atoms with Gasteiger partial charge in [0.05, 0.1) is 18.3 Å².